The van der Waals surface area contributed by atoms with Gasteiger partial charge in [0.25, 0.3) is 5.89 Å². The third-order valence-electron chi connectivity index (χ3n) is 4.22. The van der Waals surface area contributed by atoms with Gasteiger partial charge in [-0.2, -0.15) is 4.98 Å². The molecule has 0 atom stereocenters. The molecule has 0 fully saturated rings. The van der Waals surface area contributed by atoms with Crippen LogP contribution in [0.2, 0.25) is 5.02 Å². The maximum absolute atomic E-state index is 13.4. The van der Waals surface area contributed by atoms with Gasteiger partial charge in [-0.25, -0.2) is 17.5 Å². The topological polar surface area (TPSA) is 85.1 Å². The van der Waals surface area contributed by atoms with Crippen molar-refractivity contribution in [3.8, 4) is 22.8 Å². The van der Waals surface area contributed by atoms with Gasteiger partial charge in [-0.3, -0.25) is 0 Å². The van der Waals surface area contributed by atoms with Crippen LogP contribution in [0, 0.1) is 5.82 Å². The highest BCUT2D eigenvalue weighted by atomic mass is 35.5. The Morgan fingerprint density at radius 3 is 2.67 bits per heavy atom. The summed E-state index contributed by atoms with van der Waals surface area (Å²) in [5.41, 5.74) is 1.93. The number of nitrogens with one attached hydrogen (secondary N) is 1. The van der Waals surface area contributed by atoms with E-state index in [9.17, 15) is 12.8 Å². The first-order valence-corrected chi connectivity index (χ1v) is 11.6. The van der Waals surface area contributed by atoms with Crippen LogP contribution < -0.4 is 4.72 Å². The third-order valence-corrected chi connectivity index (χ3v) is 7.37. The molecule has 0 saturated heterocycles. The summed E-state index contributed by atoms with van der Waals surface area (Å²) in [7, 11) is -3.67. The zero-order chi connectivity index (χ0) is 21.1. The van der Waals surface area contributed by atoms with Crippen LogP contribution in [0.25, 0.3) is 22.8 Å². The molecular formula is C20H15ClFN3O3S2. The number of aromatic nitrogens is 2. The quantitative estimate of drug-likeness (QED) is 0.426. The van der Waals surface area contributed by atoms with E-state index >= 15 is 0 Å². The molecule has 6 nitrogen and oxygen atoms in total. The van der Waals surface area contributed by atoms with Crippen molar-refractivity contribution in [2.45, 2.75) is 10.6 Å². The molecule has 0 amide bonds. The largest absolute Gasteiger partial charge is 0.334 e. The lowest BCUT2D eigenvalue weighted by Crippen LogP contribution is -2.25. The zero-order valence-electron chi connectivity index (χ0n) is 15.4. The summed E-state index contributed by atoms with van der Waals surface area (Å²) in [6.45, 7) is 0.251. The molecule has 0 unspecified atom stereocenters. The molecule has 0 bridgehead atoms. The van der Waals surface area contributed by atoms with E-state index in [4.69, 9.17) is 16.1 Å². The molecule has 2 aromatic heterocycles. The molecule has 30 heavy (non-hydrogen) atoms. The van der Waals surface area contributed by atoms with Crippen LogP contribution in [0.1, 0.15) is 5.56 Å². The highest BCUT2D eigenvalue weighted by molar-refractivity contribution is 7.91. The Kier molecular flexibility index (Phi) is 5.96. The Balaban J connectivity index is 1.44. The van der Waals surface area contributed by atoms with Gasteiger partial charge in [-0.1, -0.05) is 41.0 Å². The van der Waals surface area contributed by atoms with E-state index in [1.54, 1.807) is 29.6 Å². The first kappa shape index (κ1) is 20.7. The first-order valence-electron chi connectivity index (χ1n) is 8.83. The molecular weight excluding hydrogens is 449 g/mol. The number of thiophene rings is 1. The minimum atomic E-state index is -3.67. The maximum Gasteiger partial charge on any atom is 0.259 e. The molecule has 0 spiro atoms. The average Bonchev–Trinajstić information content (AvgIpc) is 3.39. The second kappa shape index (κ2) is 8.65. The lowest BCUT2D eigenvalue weighted by atomic mass is 10.2. The van der Waals surface area contributed by atoms with Gasteiger partial charge in [0, 0.05) is 22.5 Å². The van der Waals surface area contributed by atoms with Gasteiger partial charge in [0.05, 0.1) is 5.56 Å². The number of halogens is 2. The van der Waals surface area contributed by atoms with Crippen molar-refractivity contribution in [3.63, 3.8) is 0 Å². The van der Waals surface area contributed by atoms with E-state index in [2.05, 4.69) is 14.9 Å². The predicted octanol–water partition coefficient (Wildman–Crippen LogP) is 4.78. The smallest absolute Gasteiger partial charge is 0.259 e. The summed E-state index contributed by atoms with van der Waals surface area (Å²) in [5, 5.41) is 6.10. The van der Waals surface area contributed by atoms with E-state index in [1.807, 2.05) is 12.1 Å². The van der Waals surface area contributed by atoms with E-state index in [-0.39, 0.29) is 22.5 Å². The zero-order valence-corrected chi connectivity index (χ0v) is 17.8. The van der Waals surface area contributed by atoms with Crippen molar-refractivity contribution >= 4 is 33.0 Å². The van der Waals surface area contributed by atoms with Crippen LogP contribution in [0.5, 0.6) is 0 Å². The Morgan fingerprint density at radius 1 is 1.10 bits per heavy atom. The molecule has 2 aromatic carbocycles. The molecule has 1 N–H and O–H groups in total. The van der Waals surface area contributed by atoms with Crippen molar-refractivity contribution in [2.75, 3.05) is 6.54 Å². The van der Waals surface area contributed by atoms with Crippen LogP contribution >= 0.6 is 22.9 Å². The molecule has 0 aliphatic rings. The van der Waals surface area contributed by atoms with Gasteiger partial charge in [-0.05, 0) is 42.3 Å². The molecule has 0 aliphatic heterocycles. The van der Waals surface area contributed by atoms with Crippen molar-refractivity contribution in [1.82, 2.24) is 14.9 Å². The van der Waals surface area contributed by atoms with Gasteiger partial charge in [0.1, 0.15) is 10.0 Å². The second-order valence-electron chi connectivity index (χ2n) is 6.36. The number of nitrogens with zero attached hydrogens (tertiary/aromatic N) is 2. The van der Waals surface area contributed by atoms with Gasteiger partial charge in [0.15, 0.2) is 0 Å². The van der Waals surface area contributed by atoms with E-state index in [0.29, 0.717) is 22.6 Å². The molecule has 154 valence electrons. The lowest BCUT2D eigenvalue weighted by Gasteiger charge is -2.05. The van der Waals surface area contributed by atoms with E-state index < -0.39 is 15.8 Å². The molecule has 4 aromatic rings. The minimum Gasteiger partial charge on any atom is -0.334 e. The third kappa shape index (κ3) is 4.76. The normalized spacial score (nSPS) is 11.7. The number of benzene rings is 2. The predicted molar refractivity (Wildman–Crippen MR) is 113 cm³/mol. The summed E-state index contributed by atoms with van der Waals surface area (Å²) >= 11 is 6.90. The molecule has 0 radical (unpaired) electrons. The Labute approximate surface area is 181 Å². The highest BCUT2D eigenvalue weighted by Gasteiger charge is 2.19. The van der Waals surface area contributed by atoms with Crippen LogP contribution in [0.3, 0.4) is 0 Å². The van der Waals surface area contributed by atoms with Crippen molar-refractivity contribution in [2.24, 2.45) is 0 Å². The Bertz CT molecular complexity index is 1270. The highest BCUT2D eigenvalue weighted by Crippen LogP contribution is 2.29. The van der Waals surface area contributed by atoms with Gasteiger partial charge < -0.3 is 4.52 Å². The number of sulfonamides is 1. The molecule has 10 heteroatoms. The number of rotatable bonds is 7. The van der Waals surface area contributed by atoms with Crippen LogP contribution in [-0.2, 0) is 16.4 Å². The summed E-state index contributed by atoms with van der Waals surface area (Å²) in [5.74, 6) is -0.0261. The molecule has 0 saturated carbocycles. The molecule has 4 rings (SSSR count). The summed E-state index contributed by atoms with van der Waals surface area (Å²) < 4.78 is 46.4. The summed E-state index contributed by atoms with van der Waals surface area (Å²) in [6, 6.07) is 14.5. The van der Waals surface area contributed by atoms with Gasteiger partial charge >= 0.3 is 0 Å². The monoisotopic (exact) mass is 463 g/mol. The maximum atomic E-state index is 13.4. The fourth-order valence-electron chi connectivity index (χ4n) is 2.71. The molecule has 0 aliphatic carbocycles. The first-order chi connectivity index (χ1) is 14.4. The van der Waals surface area contributed by atoms with Gasteiger partial charge in [-0.15, -0.1) is 11.3 Å². The fourth-order valence-corrected chi connectivity index (χ4v) is 5.06. The second-order valence-corrected chi connectivity index (χ2v) is 9.70. The Hall–Kier alpha value is -2.59. The molecule has 2 heterocycles. The average molecular weight is 464 g/mol. The fraction of sp³-hybridized carbons (Fsp3) is 0.100. The van der Waals surface area contributed by atoms with Crippen molar-refractivity contribution < 1.29 is 17.3 Å². The summed E-state index contributed by atoms with van der Waals surface area (Å²) in [4.78, 5) is 4.23. The minimum absolute atomic E-state index is 0.138. The van der Waals surface area contributed by atoms with Crippen molar-refractivity contribution in [3.05, 3.63) is 76.4 Å². The van der Waals surface area contributed by atoms with Crippen molar-refractivity contribution in [1.29, 1.82) is 0 Å². The number of hydrogen-bond acceptors (Lipinski definition) is 6. The SMILES string of the molecule is O=S(=O)(NCCc1ccc(Cl)cc1)c1cc(-c2nc(-c3cccc(F)c3)no2)cs1. The van der Waals surface area contributed by atoms with E-state index in [1.165, 1.54) is 18.2 Å². The van der Waals surface area contributed by atoms with Crippen LogP contribution in [0.4, 0.5) is 4.39 Å². The lowest BCUT2D eigenvalue weighted by molar-refractivity contribution is 0.432. The number of hydrogen-bond donors (Lipinski definition) is 1. The Morgan fingerprint density at radius 2 is 1.90 bits per heavy atom. The van der Waals surface area contributed by atoms with E-state index in [0.717, 1.165) is 16.9 Å². The summed E-state index contributed by atoms with van der Waals surface area (Å²) in [6.07, 6.45) is 0.537. The van der Waals surface area contributed by atoms with Gasteiger partial charge in [0.2, 0.25) is 15.8 Å². The van der Waals surface area contributed by atoms with Crippen LogP contribution in [0.15, 0.2) is 68.7 Å². The van der Waals surface area contributed by atoms with Crippen LogP contribution in [-0.4, -0.2) is 25.1 Å². The standard InChI is InChI=1S/C20H15ClFN3O3S2/c21-16-6-4-13(5-7-16)8-9-23-30(26,27)18-11-15(12-29-18)20-24-19(25-28-20)14-2-1-3-17(22)10-14/h1-7,10-12,23H,8-9H2.